The molecule has 0 aliphatic rings. The van der Waals surface area contributed by atoms with Crippen molar-refractivity contribution in [1.29, 1.82) is 0 Å². The van der Waals surface area contributed by atoms with Gasteiger partial charge < -0.3 is 0 Å². The molecule has 33 heavy (non-hydrogen) atoms. The molecule has 0 amide bonds. The van der Waals surface area contributed by atoms with Crippen LogP contribution in [0.1, 0.15) is 61.9 Å². The minimum Gasteiger partial charge on any atom is -0.295 e. The molecule has 3 aromatic rings. The van der Waals surface area contributed by atoms with Crippen LogP contribution in [0.5, 0.6) is 0 Å². The number of hydrogen-bond donors (Lipinski definition) is 0. The number of rotatable bonds is 7. The third kappa shape index (κ3) is 5.11. The molecule has 0 bridgehead atoms. The summed E-state index contributed by atoms with van der Waals surface area (Å²) in [6, 6.07) is 25.5. The molecular weight excluding hydrogens is 400 g/mol. The fourth-order valence-electron chi connectivity index (χ4n) is 4.27. The van der Waals surface area contributed by atoms with Crippen LogP contribution in [0.25, 0.3) is 5.70 Å². The fraction of sp³-hybridized carbons (Fsp3) is 0.323. The number of benzene rings is 3. The van der Waals surface area contributed by atoms with E-state index in [4.69, 9.17) is 4.99 Å². The van der Waals surface area contributed by atoms with Gasteiger partial charge in [0.05, 0.1) is 11.2 Å². The second-order valence-electron chi connectivity index (χ2n) is 9.50. The van der Waals surface area contributed by atoms with E-state index in [1.165, 1.54) is 22.3 Å². The summed E-state index contributed by atoms with van der Waals surface area (Å²) >= 11 is 0. The van der Waals surface area contributed by atoms with Crippen molar-refractivity contribution in [3.8, 4) is 0 Å². The Labute approximate surface area is 200 Å². The van der Waals surface area contributed by atoms with Crippen molar-refractivity contribution in [2.75, 3.05) is 4.90 Å². The second-order valence-corrected chi connectivity index (χ2v) is 9.50. The SMILES string of the molecule is C=C(c1c(C)cccc1C)N(C(=N[C@@](C)(CC)C(C)C)c1ccccc1)c1ccccc1C. The van der Waals surface area contributed by atoms with Gasteiger partial charge >= 0.3 is 0 Å². The molecule has 2 heteroatoms. The molecule has 0 unspecified atom stereocenters. The van der Waals surface area contributed by atoms with Gasteiger partial charge in [-0.3, -0.25) is 9.89 Å². The first kappa shape index (κ1) is 24.5. The minimum atomic E-state index is -0.201. The molecule has 3 aromatic carbocycles. The van der Waals surface area contributed by atoms with Crippen LogP contribution in [0.15, 0.2) is 84.4 Å². The Bertz CT molecular complexity index is 1120. The van der Waals surface area contributed by atoms with Crippen LogP contribution >= 0.6 is 0 Å². The second kappa shape index (κ2) is 10.2. The smallest absolute Gasteiger partial charge is 0.140 e. The zero-order valence-electron chi connectivity index (χ0n) is 21.3. The van der Waals surface area contributed by atoms with Gasteiger partial charge in [-0.05, 0) is 62.8 Å². The first-order chi connectivity index (χ1) is 15.7. The third-order valence-corrected chi connectivity index (χ3v) is 6.96. The molecule has 172 valence electrons. The van der Waals surface area contributed by atoms with E-state index in [0.717, 1.165) is 29.2 Å². The molecule has 0 heterocycles. The van der Waals surface area contributed by atoms with E-state index in [9.17, 15) is 0 Å². The average molecular weight is 439 g/mol. The Kier molecular flexibility index (Phi) is 7.58. The zero-order valence-corrected chi connectivity index (χ0v) is 21.3. The number of aryl methyl sites for hydroxylation is 3. The Morgan fingerprint density at radius 2 is 1.39 bits per heavy atom. The van der Waals surface area contributed by atoms with Gasteiger partial charge in [-0.15, -0.1) is 0 Å². The monoisotopic (exact) mass is 438 g/mol. The summed E-state index contributed by atoms with van der Waals surface area (Å²) in [6.07, 6.45) is 0.957. The van der Waals surface area contributed by atoms with Crippen molar-refractivity contribution in [1.82, 2.24) is 0 Å². The number of para-hydroxylation sites is 1. The Balaban J connectivity index is 2.37. The number of anilines is 1. The standard InChI is InChI=1S/C31H38N2/c1-9-31(8,22(2)3)32-30(27-19-11-10-12-20-27)33(28-21-14-13-16-23(28)4)26(7)29-24(5)17-15-18-25(29)6/h10-22H,7,9H2,1-6,8H3/t31-/m0/s1. The molecule has 0 aliphatic carbocycles. The summed E-state index contributed by atoms with van der Waals surface area (Å²) in [6.45, 7) is 20.1. The van der Waals surface area contributed by atoms with Gasteiger partial charge in [0.15, 0.2) is 0 Å². The molecular formula is C31H38N2. The molecule has 0 saturated heterocycles. The lowest BCUT2D eigenvalue weighted by atomic mass is 9.86. The van der Waals surface area contributed by atoms with Crippen LogP contribution in [-0.4, -0.2) is 11.4 Å². The van der Waals surface area contributed by atoms with Gasteiger partial charge in [0, 0.05) is 16.8 Å². The summed E-state index contributed by atoms with van der Waals surface area (Å²) in [5.41, 5.74) is 7.74. The largest absolute Gasteiger partial charge is 0.295 e. The van der Waals surface area contributed by atoms with Crippen LogP contribution in [0.4, 0.5) is 5.69 Å². The van der Waals surface area contributed by atoms with Gasteiger partial charge in [-0.25, -0.2) is 0 Å². The Morgan fingerprint density at radius 1 is 0.848 bits per heavy atom. The number of amidine groups is 1. The third-order valence-electron chi connectivity index (χ3n) is 6.96. The first-order valence-corrected chi connectivity index (χ1v) is 12.0. The van der Waals surface area contributed by atoms with Crippen LogP contribution in [0.3, 0.4) is 0 Å². The van der Waals surface area contributed by atoms with Gasteiger partial charge in [-0.1, -0.05) is 94.1 Å². The maximum atomic E-state index is 5.50. The summed E-state index contributed by atoms with van der Waals surface area (Å²) in [5, 5.41) is 0. The van der Waals surface area contributed by atoms with Crippen LogP contribution in [-0.2, 0) is 0 Å². The van der Waals surface area contributed by atoms with Gasteiger partial charge in [0.1, 0.15) is 5.84 Å². The van der Waals surface area contributed by atoms with Gasteiger partial charge in [0.25, 0.3) is 0 Å². The predicted octanol–water partition coefficient (Wildman–Crippen LogP) is 8.36. The van der Waals surface area contributed by atoms with Crippen LogP contribution < -0.4 is 4.90 Å². The van der Waals surface area contributed by atoms with Crippen molar-refractivity contribution < 1.29 is 0 Å². The molecule has 1 atom stereocenters. The normalized spacial score (nSPS) is 13.6. The molecule has 0 radical (unpaired) electrons. The highest BCUT2D eigenvalue weighted by Gasteiger charge is 2.30. The number of hydrogen-bond acceptors (Lipinski definition) is 1. The summed E-state index contributed by atoms with van der Waals surface area (Å²) in [7, 11) is 0. The zero-order chi connectivity index (χ0) is 24.2. The lowest BCUT2D eigenvalue weighted by Crippen LogP contribution is -2.37. The molecule has 0 fully saturated rings. The predicted molar refractivity (Wildman–Crippen MR) is 145 cm³/mol. The fourth-order valence-corrected chi connectivity index (χ4v) is 4.27. The molecule has 0 aromatic heterocycles. The Morgan fingerprint density at radius 3 is 1.94 bits per heavy atom. The molecule has 0 N–H and O–H groups in total. The highest BCUT2D eigenvalue weighted by molar-refractivity contribution is 6.18. The van der Waals surface area contributed by atoms with E-state index in [-0.39, 0.29) is 5.54 Å². The average Bonchev–Trinajstić information content (AvgIpc) is 2.80. The van der Waals surface area contributed by atoms with Crippen molar-refractivity contribution in [2.24, 2.45) is 10.9 Å². The van der Waals surface area contributed by atoms with Crippen LogP contribution in [0.2, 0.25) is 0 Å². The molecule has 3 rings (SSSR count). The lowest BCUT2D eigenvalue weighted by molar-refractivity contribution is 0.332. The number of nitrogens with zero attached hydrogens (tertiary/aromatic N) is 2. The summed E-state index contributed by atoms with van der Waals surface area (Å²) in [4.78, 5) is 7.78. The van der Waals surface area contributed by atoms with E-state index in [2.05, 4.69) is 133 Å². The highest BCUT2D eigenvalue weighted by Crippen LogP contribution is 2.35. The lowest BCUT2D eigenvalue weighted by Gasteiger charge is -2.36. The number of aliphatic imine (C=N–C) groups is 1. The van der Waals surface area contributed by atoms with Crippen molar-refractivity contribution >= 4 is 17.2 Å². The van der Waals surface area contributed by atoms with E-state index < -0.39 is 0 Å². The van der Waals surface area contributed by atoms with E-state index in [1.807, 2.05) is 0 Å². The maximum absolute atomic E-state index is 5.50. The van der Waals surface area contributed by atoms with Crippen LogP contribution in [0, 0.1) is 26.7 Å². The van der Waals surface area contributed by atoms with Gasteiger partial charge in [-0.2, -0.15) is 0 Å². The van der Waals surface area contributed by atoms with E-state index in [1.54, 1.807) is 0 Å². The van der Waals surface area contributed by atoms with Crippen molar-refractivity contribution in [3.05, 3.63) is 107 Å². The molecule has 2 nitrogen and oxygen atoms in total. The van der Waals surface area contributed by atoms with E-state index >= 15 is 0 Å². The van der Waals surface area contributed by atoms with Crippen molar-refractivity contribution in [3.63, 3.8) is 0 Å². The quantitative estimate of drug-likeness (QED) is 0.267. The molecule has 0 spiro atoms. The summed E-state index contributed by atoms with van der Waals surface area (Å²) < 4.78 is 0. The van der Waals surface area contributed by atoms with Crippen molar-refractivity contribution in [2.45, 2.75) is 60.4 Å². The van der Waals surface area contributed by atoms with Gasteiger partial charge in [0.2, 0.25) is 0 Å². The highest BCUT2D eigenvalue weighted by atomic mass is 15.2. The Hall–Kier alpha value is -3.13. The first-order valence-electron chi connectivity index (χ1n) is 12.0. The van der Waals surface area contributed by atoms with E-state index in [0.29, 0.717) is 5.92 Å². The minimum absolute atomic E-state index is 0.201. The maximum Gasteiger partial charge on any atom is 0.140 e. The molecule has 0 saturated carbocycles. The molecule has 0 aliphatic heterocycles. The summed E-state index contributed by atoms with van der Waals surface area (Å²) in [5.74, 6) is 1.34. The topological polar surface area (TPSA) is 15.6 Å².